The molecule has 0 aliphatic heterocycles. The standard InChI is InChI=1S/C14H16N4O3/c1-3-9-21-11-7-5-10(6-8-11)12(19)15-13-16-14(18-17-13)20-4-2/h3,5-8H,1,4,9H2,2H3,(H2,15,16,17,18,19). The van der Waals surface area contributed by atoms with Crippen molar-refractivity contribution in [3.8, 4) is 11.8 Å². The van der Waals surface area contributed by atoms with Gasteiger partial charge >= 0.3 is 6.01 Å². The smallest absolute Gasteiger partial charge is 0.337 e. The molecule has 1 aromatic heterocycles. The van der Waals surface area contributed by atoms with Crippen LogP contribution in [0, 0.1) is 0 Å². The normalized spacial score (nSPS) is 9.95. The van der Waals surface area contributed by atoms with Gasteiger partial charge in [0.05, 0.1) is 6.61 Å². The number of hydrogen-bond donors (Lipinski definition) is 2. The average molecular weight is 288 g/mol. The maximum absolute atomic E-state index is 12.0. The molecule has 7 nitrogen and oxygen atoms in total. The van der Waals surface area contributed by atoms with Gasteiger partial charge < -0.3 is 9.47 Å². The summed E-state index contributed by atoms with van der Waals surface area (Å²) >= 11 is 0. The van der Waals surface area contributed by atoms with E-state index < -0.39 is 0 Å². The maximum Gasteiger partial charge on any atom is 0.337 e. The predicted octanol–water partition coefficient (Wildman–Crippen LogP) is 2.02. The Hall–Kier alpha value is -2.83. The predicted molar refractivity (Wildman–Crippen MR) is 77.6 cm³/mol. The van der Waals surface area contributed by atoms with Crippen LogP contribution in [-0.4, -0.2) is 34.3 Å². The molecular weight excluding hydrogens is 272 g/mol. The minimum atomic E-state index is -0.301. The molecule has 2 N–H and O–H groups in total. The number of ether oxygens (including phenoxy) is 2. The summed E-state index contributed by atoms with van der Waals surface area (Å²) in [4.78, 5) is 16.0. The molecule has 0 saturated heterocycles. The monoisotopic (exact) mass is 288 g/mol. The van der Waals surface area contributed by atoms with E-state index in [0.29, 0.717) is 24.5 Å². The van der Waals surface area contributed by atoms with Gasteiger partial charge in [0.1, 0.15) is 12.4 Å². The third-order valence-corrected chi connectivity index (χ3v) is 2.45. The molecule has 7 heteroatoms. The quantitative estimate of drug-likeness (QED) is 0.761. The van der Waals surface area contributed by atoms with Gasteiger partial charge in [0.2, 0.25) is 5.95 Å². The van der Waals surface area contributed by atoms with Crippen LogP contribution < -0.4 is 14.8 Å². The van der Waals surface area contributed by atoms with Crippen molar-refractivity contribution in [2.45, 2.75) is 6.92 Å². The second-order valence-electron chi connectivity index (χ2n) is 3.98. The molecule has 0 radical (unpaired) electrons. The molecule has 0 aliphatic carbocycles. The maximum atomic E-state index is 12.0. The van der Waals surface area contributed by atoms with Gasteiger partial charge in [-0.2, -0.15) is 4.98 Å². The van der Waals surface area contributed by atoms with Gasteiger partial charge in [0.15, 0.2) is 0 Å². The first-order valence-corrected chi connectivity index (χ1v) is 6.43. The van der Waals surface area contributed by atoms with Gasteiger partial charge in [-0.15, -0.1) is 5.10 Å². The van der Waals surface area contributed by atoms with Crippen molar-refractivity contribution in [1.29, 1.82) is 0 Å². The zero-order valence-corrected chi connectivity index (χ0v) is 11.6. The Balaban J connectivity index is 1.97. The Bertz CT molecular complexity index is 607. The summed E-state index contributed by atoms with van der Waals surface area (Å²) in [7, 11) is 0. The minimum Gasteiger partial charge on any atom is -0.490 e. The van der Waals surface area contributed by atoms with Crippen LogP contribution >= 0.6 is 0 Å². The van der Waals surface area contributed by atoms with Crippen molar-refractivity contribution in [1.82, 2.24) is 15.2 Å². The van der Waals surface area contributed by atoms with Crippen LogP contribution in [0.15, 0.2) is 36.9 Å². The summed E-state index contributed by atoms with van der Waals surface area (Å²) in [6.45, 7) is 6.27. The molecule has 1 amide bonds. The number of H-pyrrole nitrogens is 1. The lowest BCUT2D eigenvalue weighted by atomic mass is 10.2. The van der Waals surface area contributed by atoms with E-state index >= 15 is 0 Å². The Morgan fingerprint density at radius 2 is 2.14 bits per heavy atom. The molecule has 0 aliphatic rings. The number of aromatic nitrogens is 3. The van der Waals surface area contributed by atoms with Crippen molar-refractivity contribution in [3.63, 3.8) is 0 Å². The van der Waals surface area contributed by atoms with Crippen LogP contribution in [0.3, 0.4) is 0 Å². The fourth-order valence-corrected chi connectivity index (χ4v) is 1.53. The number of nitrogens with one attached hydrogen (secondary N) is 2. The number of carbonyl (C=O) groups excluding carboxylic acids is 1. The van der Waals surface area contributed by atoms with Crippen LogP contribution in [0.2, 0.25) is 0 Å². The lowest BCUT2D eigenvalue weighted by Gasteiger charge is -2.04. The number of hydrogen-bond acceptors (Lipinski definition) is 5. The molecule has 0 saturated carbocycles. The Labute approximate surface area is 122 Å². The topological polar surface area (TPSA) is 89.1 Å². The van der Waals surface area contributed by atoms with Crippen LogP contribution in [0.25, 0.3) is 0 Å². The first kappa shape index (κ1) is 14.6. The van der Waals surface area contributed by atoms with Gasteiger partial charge in [-0.1, -0.05) is 12.7 Å². The number of aromatic amines is 1. The van der Waals surface area contributed by atoms with Crippen LogP contribution in [0.5, 0.6) is 11.8 Å². The summed E-state index contributed by atoms with van der Waals surface area (Å²) in [5.41, 5.74) is 0.482. The number of nitrogens with zero attached hydrogens (tertiary/aromatic N) is 2. The van der Waals surface area contributed by atoms with Crippen molar-refractivity contribution < 1.29 is 14.3 Å². The third kappa shape index (κ3) is 4.07. The molecule has 1 aromatic carbocycles. The third-order valence-electron chi connectivity index (χ3n) is 2.45. The van der Waals surface area contributed by atoms with Gasteiger partial charge in [0.25, 0.3) is 5.91 Å². The van der Waals surface area contributed by atoms with Gasteiger partial charge in [-0.3, -0.25) is 10.1 Å². The van der Waals surface area contributed by atoms with E-state index in [1.165, 1.54) is 0 Å². The molecule has 1 heterocycles. The Morgan fingerprint density at radius 3 is 2.81 bits per heavy atom. The number of benzene rings is 1. The van der Waals surface area contributed by atoms with Gasteiger partial charge in [-0.05, 0) is 31.2 Å². The van der Waals surface area contributed by atoms with E-state index in [9.17, 15) is 4.79 Å². The molecule has 0 unspecified atom stereocenters. The molecule has 21 heavy (non-hydrogen) atoms. The number of rotatable bonds is 7. The van der Waals surface area contributed by atoms with E-state index in [-0.39, 0.29) is 17.9 Å². The summed E-state index contributed by atoms with van der Waals surface area (Å²) in [5.74, 6) is 0.602. The summed E-state index contributed by atoms with van der Waals surface area (Å²) < 4.78 is 10.4. The molecule has 0 atom stereocenters. The summed E-state index contributed by atoms with van der Waals surface area (Å²) in [5, 5.41) is 8.97. The van der Waals surface area contributed by atoms with Gasteiger partial charge in [0, 0.05) is 5.56 Å². The largest absolute Gasteiger partial charge is 0.490 e. The first-order chi connectivity index (χ1) is 10.2. The highest BCUT2D eigenvalue weighted by Crippen LogP contribution is 2.13. The van der Waals surface area contributed by atoms with Crippen LogP contribution in [-0.2, 0) is 0 Å². The lowest BCUT2D eigenvalue weighted by Crippen LogP contribution is -2.12. The zero-order chi connectivity index (χ0) is 15.1. The molecule has 2 rings (SSSR count). The lowest BCUT2D eigenvalue weighted by molar-refractivity contribution is 0.102. The van der Waals surface area contributed by atoms with Gasteiger partial charge in [-0.25, -0.2) is 5.10 Å². The molecule has 2 aromatic rings. The number of carbonyl (C=O) groups is 1. The molecule has 0 fully saturated rings. The number of anilines is 1. The SMILES string of the molecule is C=CCOc1ccc(C(=O)Nc2nc(OCC)n[nH]2)cc1. The molecule has 0 spiro atoms. The van der Waals surface area contributed by atoms with E-state index in [1.54, 1.807) is 30.3 Å². The first-order valence-electron chi connectivity index (χ1n) is 6.43. The summed E-state index contributed by atoms with van der Waals surface area (Å²) in [6.07, 6.45) is 1.65. The average Bonchev–Trinajstić information content (AvgIpc) is 2.93. The molecular formula is C14H16N4O3. The summed E-state index contributed by atoms with van der Waals surface area (Å²) in [6, 6.07) is 6.94. The highest BCUT2D eigenvalue weighted by Gasteiger charge is 2.10. The van der Waals surface area contributed by atoms with Crippen molar-refractivity contribution in [2.75, 3.05) is 18.5 Å². The van der Waals surface area contributed by atoms with Crippen molar-refractivity contribution in [3.05, 3.63) is 42.5 Å². The zero-order valence-electron chi connectivity index (χ0n) is 11.6. The van der Waals surface area contributed by atoms with Crippen molar-refractivity contribution >= 4 is 11.9 Å². The highest BCUT2D eigenvalue weighted by atomic mass is 16.5. The molecule has 110 valence electrons. The fraction of sp³-hybridized carbons (Fsp3) is 0.214. The minimum absolute atomic E-state index is 0.195. The van der Waals surface area contributed by atoms with E-state index in [0.717, 1.165) is 0 Å². The van der Waals surface area contributed by atoms with E-state index in [4.69, 9.17) is 9.47 Å². The van der Waals surface area contributed by atoms with Crippen molar-refractivity contribution in [2.24, 2.45) is 0 Å². The highest BCUT2D eigenvalue weighted by molar-refractivity contribution is 6.03. The van der Waals surface area contributed by atoms with Crippen LogP contribution in [0.1, 0.15) is 17.3 Å². The van der Waals surface area contributed by atoms with E-state index in [2.05, 4.69) is 27.1 Å². The molecule has 0 bridgehead atoms. The number of amides is 1. The second-order valence-corrected chi connectivity index (χ2v) is 3.98. The fourth-order valence-electron chi connectivity index (χ4n) is 1.53. The van der Waals surface area contributed by atoms with Crippen LogP contribution in [0.4, 0.5) is 5.95 Å². The Morgan fingerprint density at radius 1 is 1.38 bits per heavy atom. The Kier molecular flexibility index (Phi) is 4.92. The second kappa shape index (κ2) is 7.09. The van der Waals surface area contributed by atoms with E-state index in [1.807, 2.05) is 6.92 Å².